The smallest absolute Gasteiger partial charge is 0.238 e. The third-order valence-electron chi connectivity index (χ3n) is 2.96. The fourth-order valence-electron chi connectivity index (χ4n) is 1.97. The van der Waals surface area contributed by atoms with Crippen LogP contribution in [0.1, 0.15) is 12.5 Å². The van der Waals surface area contributed by atoms with E-state index < -0.39 is 5.41 Å². The molecule has 2 rings (SSSR count). The van der Waals surface area contributed by atoms with Gasteiger partial charge < -0.3 is 4.90 Å². The van der Waals surface area contributed by atoms with Gasteiger partial charge >= 0.3 is 0 Å². The summed E-state index contributed by atoms with van der Waals surface area (Å²) < 4.78 is 1.01. The molecule has 1 atom stereocenters. The van der Waals surface area contributed by atoms with E-state index in [0.717, 1.165) is 15.7 Å². The SMILES string of the molecule is CN1C(=O)C(C)(CBr)c2cc(Br)ccc21. The van der Waals surface area contributed by atoms with Gasteiger partial charge in [0.15, 0.2) is 0 Å². The highest BCUT2D eigenvalue weighted by molar-refractivity contribution is 9.10. The van der Waals surface area contributed by atoms with Gasteiger partial charge in [-0.1, -0.05) is 31.9 Å². The van der Waals surface area contributed by atoms with Gasteiger partial charge in [0.05, 0.1) is 5.41 Å². The number of fused-ring (bicyclic) bond motifs is 1. The predicted octanol–water partition coefficient (Wildman–Crippen LogP) is 3.08. The number of anilines is 1. The first kappa shape index (κ1) is 11.1. The van der Waals surface area contributed by atoms with Crippen LogP contribution in [0.4, 0.5) is 5.69 Å². The Balaban J connectivity index is 2.67. The number of carbonyl (C=O) groups is 1. The first-order chi connectivity index (χ1) is 7.00. The van der Waals surface area contributed by atoms with Crippen LogP contribution in [0.25, 0.3) is 0 Å². The highest BCUT2D eigenvalue weighted by Crippen LogP contribution is 2.43. The molecule has 1 heterocycles. The minimum atomic E-state index is -0.437. The fraction of sp³-hybridized carbons (Fsp3) is 0.364. The van der Waals surface area contributed by atoms with E-state index >= 15 is 0 Å². The summed E-state index contributed by atoms with van der Waals surface area (Å²) >= 11 is 6.87. The largest absolute Gasteiger partial charge is 0.314 e. The summed E-state index contributed by atoms with van der Waals surface area (Å²) in [5.74, 6) is 0.146. The molecule has 0 saturated carbocycles. The lowest BCUT2D eigenvalue weighted by atomic mass is 9.86. The number of nitrogens with zero attached hydrogens (tertiary/aromatic N) is 1. The number of hydrogen-bond acceptors (Lipinski definition) is 1. The molecule has 15 heavy (non-hydrogen) atoms. The Morgan fingerprint density at radius 2 is 2.13 bits per heavy atom. The van der Waals surface area contributed by atoms with Crippen molar-refractivity contribution in [3.8, 4) is 0 Å². The van der Waals surface area contributed by atoms with Gasteiger partial charge in [-0.15, -0.1) is 0 Å². The quantitative estimate of drug-likeness (QED) is 0.724. The van der Waals surface area contributed by atoms with E-state index in [2.05, 4.69) is 31.9 Å². The average Bonchev–Trinajstić information content (AvgIpc) is 2.42. The van der Waals surface area contributed by atoms with Gasteiger partial charge in [0.25, 0.3) is 0 Å². The molecule has 1 aliphatic heterocycles. The second-order valence-electron chi connectivity index (χ2n) is 3.99. The molecule has 2 nitrogen and oxygen atoms in total. The lowest BCUT2D eigenvalue weighted by Gasteiger charge is -2.19. The zero-order chi connectivity index (χ0) is 11.2. The standard InChI is InChI=1S/C11H11Br2NO/c1-11(6-12)8-5-7(13)3-4-9(8)14(2)10(11)15/h3-5H,6H2,1-2H3. The molecule has 0 N–H and O–H groups in total. The van der Waals surface area contributed by atoms with Crippen molar-refractivity contribution in [3.05, 3.63) is 28.2 Å². The molecular weight excluding hydrogens is 322 g/mol. The van der Waals surface area contributed by atoms with Crippen LogP contribution in [0.5, 0.6) is 0 Å². The summed E-state index contributed by atoms with van der Waals surface area (Å²) in [5.41, 5.74) is 1.65. The number of halogens is 2. The molecule has 0 saturated heterocycles. The van der Waals surface area contributed by atoms with E-state index in [9.17, 15) is 4.79 Å². The van der Waals surface area contributed by atoms with Crippen molar-refractivity contribution in [2.45, 2.75) is 12.3 Å². The minimum absolute atomic E-state index is 0.146. The highest BCUT2D eigenvalue weighted by atomic mass is 79.9. The number of carbonyl (C=O) groups excluding carboxylic acids is 1. The molecule has 1 aromatic rings. The first-order valence-electron chi connectivity index (χ1n) is 4.65. The van der Waals surface area contributed by atoms with E-state index in [1.165, 1.54) is 0 Å². The van der Waals surface area contributed by atoms with Gasteiger partial charge in [-0.25, -0.2) is 0 Å². The van der Waals surface area contributed by atoms with Crippen LogP contribution >= 0.6 is 31.9 Å². The number of hydrogen-bond donors (Lipinski definition) is 0. The zero-order valence-corrected chi connectivity index (χ0v) is 11.7. The Morgan fingerprint density at radius 1 is 1.47 bits per heavy atom. The molecule has 0 spiro atoms. The van der Waals surface area contributed by atoms with Crippen LogP contribution in [0.15, 0.2) is 22.7 Å². The summed E-state index contributed by atoms with van der Waals surface area (Å²) in [6, 6.07) is 5.96. The van der Waals surface area contributed by atoms with Gasteiger partial charge in [0.2, 0.25) is 5.91 Å². The summed E-state index contributed by atoms with van der Waals surface area (Å²) in [4.78, 5) is 13.8. The third kappa shape index (κ3) is 1.46. The number of amides is 1. The average molecular weight is 333 g/mol. The summed E-state index contributed by atoms with van der Waals surface area (Å²) in [7, 11) is 1.82. The Hall–Kier alpha value is -0.350. The van der Waals surface area contributed by atoms with Gasteiger partial charge in [-0.2, -0.15) is 0 Å². The van der Waals surface area contributed by atoms with Crippen LogP contribution in [0, 0.1) is 0 Å². The molecular formula is C11H11Br2NO. The summed E-state index contributed by atoms with van der Waals surface area (Å²) in [5, 5.41) is 0.645. The monoisotopic (exact) mass is 331 g/mol. The van der Waals surface area contributed by atoms with Gasteiger partial charge in [0.1, 0.15) is 0 Å². The molecule has 0 fully saturated rings. The van der Waals surface area contributed by atoms with Crippen molar-refractivity contribution in [3.63, 3.8) is 0 Å². The lowest BCUT2D eigenvalue weighted by Crippen LogP contribution is -2.37. The van der Waals surface area contributed by atoms with Crippen molar-refractivity contribution in [1.29, 1.82) is 0 Å². The van der Waals surface area contributed by atoms with Crippen molar-refractivity contribution >= 4 is 43.5 Å². The van der Waals surface area contributed by atoms with Crippen LogP contribution in [-0.4, -0.2) is 18.3 Å². The zero-order valence-electron chi connectivity index (χ0n) is 8.55. The molecule has 0 aliphatic carbocycles. The first-order valence-corrected chi connectivity index (χ1v) is 6.56. The molecule has 1 aromatic carbocycles. The fourth-order valence-corrected chi connectivity index (χ4v) is 2.87. The van der Waals surface area contributed by atoms with E-state index in [0.29, 0.717) is 5.33 Å². The van der Waals surface area contributed by atoms with Gasteiger partial charge in [-0.05, 0) is 30.7 Å². The molecule has 1 amide bonds. The maximum Gasteiger partial charge on any atom is 0.238 e. The molecule has 0 bridgehead atoms. The number of rotatable bonds is 1. The number of alkyl halides is 1. The molecule has 1 aliphatic rings. The van der Waals surface area contributed by atoms with Gasteiger partial charge in [0, 0.05) is 22.5 Å². The molecule has 0 radical (unpaired) electrons. The third-order valence-corrected chi connectivity index (χ3v) is 4.57. The molecule has 80 valence electrons. The van der Waals surface area contributed by atoms with Crippen molar-refractivity contribution in [2.24, 2.45) is 0 Å². The Kier molecular flexibility index (Phi) is 2.67. The Labute approximate surface area is 106 Å². The van der Waals surface area contributed by atoms with E-state index in [1.54, 1.807) is 4.90 Å². The maximum absolute atomic E-state index is 12.1. The van der Waals surface area contributed by atoms with E-state index in [-0.39, 0.29) is 5.91 Å². The Bertz CT molecular complexity index is 433. The molecule has 4 heteroatoms. The minimum Gasteiger partial charge on any atom is -0.314 e. The number of likely N-dealkylation sites (N-methyl/N-ethyl adjacent to an activating group) is 1. The Morgan fingerprint density at radius 3 is 2.73 bits per heavy atom. The van der Waals surface area contributed by atoms with Crippen molar-refractivity contribution < 1.29 is 4.79 Å². The van der Waals surface area contributed by atoms with Crippen LogP contribution in [0.2, 0.25) is 0 Å². The second-order valence-corrected chi connectivity index (χ2v) is 5.47. The van der Waals surface area contributed by atoms with Crippen molar-refractivity contribution in [2.75, 3.05) is 17.3 Å². The van der Waals surface area contributed by atoms with Crippen LogP contribution < -0.4 is 4.90 Å². The second kappa shape index (κ2) is 3.59. The topological polar surface area (TPSA) is 20.3 Å². The van der Waals surface area contributed by atoms with Gasteiger partial charge in [-0.3, -0.25) is 4.79 Å². The van der Waals surface area contributed by atoms with E-state index in [4.69, 9.17) is 0 Å². The molecule has 0 aromatic heterocycles. The van der Waals surface area contributed by atoms with E-state index in [1.807, 2.05) is 32.2 Å². The summed E-state index contributed by atoms with van der Waals surface area (Å²) in [6.07, 6.45) is 0. The normalized spacial score (nSPS) is 24.5. The summed E-state index contributed by atoms with van der Waals surface area (Å²) in [6.45, 7) is 1.97. The highest BCUT2D eigenvalue weighted by Gasteiger charge is 2.45. The maximum atomic E-state index is 12.1. The molecule has 1 unspecified atom stereocenters. The lowest BCUT2D eigenvalue weighted by molar-refractivity contribution is -0.121. The van der Waals surface area contributed by atoms with Crippen LogP contribution in [0.3, 0.4) is 0 Å². The van der Waals surface area contributed by atoms with Crippen molar-refractivity contribution in [1.82, 2.24) is 0 Å². The van der Waals surface area contributed by atoms with Crippen LogP contribution in [-0.2, 0) is 10.2 Å². The number of benzene rings is 1. The predicted molar refractivity (Wildman–Crippen MR) is 68.7 cm³/mol.